The van der Waals surface area contributed by atoms with E-state index >= 15 is 0 Å². The molecule has 0 spiro atoms. The van der Waals surface area contributed by atoms with Crippen molar-refractivity contribution in [2.24, 2.45) is 0 Å². The molecule has 0 aliphatic heterocycles. The van der Waals surface area contributed by atoms with Crippen LogP contribution in [0.15, 0.2) is 0 Å². The van der Waals surface area contributed by atoms with Crippen LogP contribution in [0.4, 0.5) is 0 Å². The van der Waals surface area contributed by atoms with Crippen LogP contribution in [0.5, 0.6) is 0 Å². The smallest absolute Gasteiger partial charge is 0.237 e. The highest BCUT2D eigenvalue weighted by atomic mass is 16.2. The highest BCUT2D eigenvalue weighted by molar-refractivity contribution is 5.78. The number of amides is 1. The number of terminal acetylenes is 1. The van der Waals surface area contributed by atoms with Gasteiger partial charge in [-0.1, -0.05) is 19.8 Å². The van der Waals surface area contributed by atoms with Crippen LogP contribution in [0.25, 0.3) is 0 Å². The number of nitrogens with zero attached hydrogens (tertiary/aromatic N) is 1. The highest BCUT2D eigenvalue weighted by Crippen LogP contribution is 1.83. The van der Waals surface area contributed by atoms with Crippen molar-refractivity contribution in [1.82, 2.24) is 10.2 Å². The van der Waals surface area contributed by atoms with E-state index in [1.165, 1.54) is 4.90 Å². The molecule has 1 amide bonds. The zero-order valence-corrected chi connectivity index (χ0v) is 7.92. The average molecular weight is 168 g/mol. The van der Waals surface area contributed by atoms with E-state index in [1.807, 2.05) is 13.8 Å². The summed E-state index contributed by atoms with van der Waals surface area (Å²) in [6, 6.07) is 0.327. The Morgan fingerprint density at radius 1 is 1.67 bits per heavy atom. The van der Waals surface area contributed by atoms with Gasteiger partial charge in [0.05, 0.1) is 13.1 Å². The third-order valence-electron chi connectivity index (χ3n) is 1.42. The molecule has 1 N–H and O–H groups in total. The number of rotatable bonds is 4. The Hall–Kier alpha value is -1.01. The van der Waals surface area contributed by atoms with E-state index in [9.17, 15) is 4.79 Å². The molecule has 0 heterocycles. The Kier molecular flexibility index (Phi) is 5.14. The van der Waals surface area contributed by atoms with Crippen molar-refractivity contribution >= 4 is 5.91 Å². The number of carbonyl (C=O) groups excluding carboxylic acids is 1. The topological polar surface area (TPSA) is 32.3 Å². The second-order valence-corrected chi connectivity index (χ2v) is 2.99. The minimum Gasteiger partial charge on any atom is -0.334 e. The van der Waals surface area contributed by atoms with Crippen LogP contribution in [0.2, 0.25) is 0 Å². The van der Waals surface area contributed by atoms with Crippen LogP contribution in [-0.2, 0) is 4.79 Å². The number of nitrogens with one attached hydrogen (secondary N) is 1. The minimum absolute atomic E-state index is 0.0293. The molecule has 0 aromatic heterocycles. The van der Waals surface area contributed by atoms with Gasteiger partial charge in [0.2, 0.25) is 5.91 Å². The van der Waals surface area contributed by atoms with Crippen molar-refractivity contribution in [1.29, 1.82) is 0 Å². The normalized spacial score (nSPS) is 9.58. The molecule has 0 saturated carbocycles. The summed E-state index contributed by atoms with van der Waals surface area (Å²) in [5.41, 5.74) is 0. The lowest BCUT2D eigenvalue weighted by Gasteiger charge is -2.15. The maximum absolute atomic E-state index is 11.2. The first-order chi connectivity index (χ1) is 5.57. The van der Waals surface area contributed by atoms with Crippen LogP contribution >= 0.6 is 0 Å². The molecular formula is C9H16N2O. The van der Waals surface area contributed by atoms with Gasteiger partial charge >= 0.3 is 0 Å². The molecule has 0 aliphatic carbocycles. The second kappa shape index (κ2) is 5.62. The van der Waals surface area contributed by atoms with Crippen molar-refractivity contribution in [3.63, 3.8) is 0 Å². The monoisotopic (exact) mass is 168 g/mol. The largest absolute Gasteiger partial charge is 0.334 e. The predicted octanol–water partition coefficient (Wildman–Crippen LogP) is 0.0760. The zero-order valence-electron chi connectivity index (χ0n) is 7.92. The molecule has 0 saturated heterocycles. The molecule has 68 valence electrons. The summed E-state index contributed by atoms with van der Waals surface area (Å²) >= 11 is 0. The van der Waals surface area contributed by atoms with Gasteiger partial charge in [0.25, 0.3) is 0 Å². The lowest BCUT2D eigenvalue weighted by atomic mass is 10.4. The second-order valence-electron chi connectivity index (χ2n) is 2.99. The fourth-order valence-electron chi connectivity index (χ4n) is 0.652. The molecule has 3 nitrogen and oxygen atoms in total. The van der Waals surface area contributed by atoms with Crippen molar-refractivity contribution in [3.8, 4) is 12.3 Å². The molecule has 0 bridgehead atoms. The summed E-state index contributed by atoms with van der Waals surface area (Å²) in [6.07, 6.45) is 5.06. The minimum atomic E-state index is 0.0293. The molecule has 12 heavy (non-hydrogen) atoms. The van der Waals surface area contributed by atoms with E-state index in [0.29, 0.717) is 19.1 Å². The van der Waals surface area contributed by atoms with Gasteiger partial charge in [-0.15, -0.1) is 6.42 Å². The van der Waals surface area contributed by atoms with Crippen LogP contribution in [-0.4, -0.2) is 37.0 Å². The van der Waals surface area contributed by atoms with Gasteiger partial charge in [-0.05, 0) is 0 Å². The van der Waals surface area contributed by atoms with E-state index < -0.39 is 0 Å². The number of hydrogen-bond donors (Lipinski definition) is 1. The van der Waals surface area contributed by atoms with Gasteiger partial charge in [0, 0.05) is 13.1 Å². The van der Waals surface area contributed by atoms with E-state index in [1.54, 1.807) is 7.05 Å². The van der Waals surface area contributed by atoms with Crippen LogP contribution in [0, 0.1) is 12.3 Å². The molecule has 0 aromatic carbocycles. The summed E-state index contributed by atoms with van der Waals surface area (Å²) in [5.74, 6) is 2.44. The lowest BCUT2D eigenvalue weighted by Crippen LogP contribution is -2.38. The first-order valence-corrected chi connectivity index (χ1v) is 3.98. The van der Waals surface area contributed by atoms with Crippen LogP contribution in [0.1, 0.15) is 13.8 Å². The van der Waals surface area contributed by atoms with Crippen molar-refractivity contribution in [2.75, 3.05) is 20.1 Å². The van der Waals surface area contributed by atoms with Gasteiger partial charge in [-0.25, -0.2) is 0 Å². The van der Waals surface area contributed by atoms with Crippen molar-refractivity contribution in [3.05, 3.63) is 0 Å². The molecule has 3 heteroatoms. The van der Waals surface area contributed by atoms with Gasteiger partial charge in [0.15, 0.2) is 0 Å². The molecule has 0 aliphatic rings. The Bertz CT molecular complexity index is 181. The SMILES string of the molecule is C#CCN(C)C(=O)CNC(C)C. The first kappa shape index (κ1) is 11.0. The standard InChI is InChI=1S/C9H16N2O/c1-5-6-11(4)9(12)7-10-8(2)3/h1,8,10H,6-7H2,2-4H3. The van der Waals surface area contributed by atoms with Gasteiger partial charge in [-0.2, -0.15) is 0 Å². The summed E-state index contributed by atoms with van der Waals surface area (Å²) in [4.78, 5) is 12.7. The number of carbonyl (C=O) groups is 1. The third kappa shape index (κ3) is 4.75. The molecule has 0 atom stereocenters. The summed E-state index contributed by atoms with van der Waals surface area (Å²) in [7, 11) is 1.70. The van der Waals surface area contributed by atoms with Gasteiger partial charge in [-0.3, -0.25) is 4.79 Å². The van der Waals surface area contributed by atoms with Crippen molar-refractivity contribution < 1.29 is 4.79 Å². The van der Waals surface area contributed by atoms with Gasteiger partial charge < -0.3 is 10.2 Å². The summed E-state index contributed by atoms with van der Waals surface area (Å²) in [5, 5.41) is 3.02. The molecular weight excluding hydrogens is 152 g/mol. The first-order valence-electron chi connectivity index (χ1n) is 3.98. The Morgan fingerprint density at radius 2 is 2.25 bits per heavy atom. The maximum atomic E-state index is 11.2. The van der Waals surface area contributed by atoms with Crippen LogP contribution < -0.4 is 5.32 Å². The van der Waals surface area contributed by atoms with E-state index in [4.69, 9.17) is 6.42 Å². The molecule has 0 rings (SSSR count). The Morgan fingerprint density at radius 3 is 2.67 bits per heavy atom. The highest BCUT2D eigenvalue weighted by Gasteiger charge is 2.06. The average Bonchev–Trinajstić information content (AvgIpc) is 2.00. The van der Waals surface area contributed by atoms with Gasteiger partial charge in [0.1, 0.15) is 0 Å². The molecule has 0 aromatic rings. The number of hydrogen-bond acceptors (Lipinski definition) is 2. The predicted molar refractivity (Wildman–Crippen MR) is 49.6 cm³/mol. The van der Waals surface area contributed by atoms with E-state index in [2.05, 4.69) is 11.2 Å². The van der Waals surface area contributed by atoms with E-state index in [-0.39, 0.29) is 5.91 Å². The zero-order chi connectivity index (χ0) is 9.56. The van der Waals surface area contributed by atoms with Crippen molar-refractivity contribution in [2.45, 2.75) is 19.9 Å². The Labute approximate surface area is 74.1 Å². The fourth-order valence-corrected chi connectivity index (χ4v) is 0.652. The molecule has 0 radical (unpaired) electrons. The Balaban J connectivity index is 3.66. The van der Waals surface area contributed by atoms with Crippen LogP contribution in [0.3, 0.4) is 0 Å². The third-order valence-corrected chi connectivity index (χ3v) is 1.42. The summed E-state index contributed by atoms with van der Waals surface area (Å²) in [6.45, 7) is 4.72. The molecule has 0 fully saturated rings. The molecule has 0 unspecified atom stereocenters. The summed E-state index contributed by atoms with van der Waals surface area (Å²) < 4.78 is 0. The quantitative estimate of drug-likeness (QED) is 0.603. The lowest BCUT2D eigenvalue weighted by molar-refractivity contribution is -0.128. The maximum Gasteiger partial charge on any atom is 0.237 e. The number of likely N-dealkylation sites (N-methyl/N-ethyl adjacent to an activating group) is 1. The van der Waals surface area contributed by atoms with E-state index in [0.717, 1.165) is 0 Å². The fraction of sp³-hybridized carbons (Fsp3) is 0.667.